The van der Waals surface area contributed by atoms with E-state index in [1.807, 2.05) is 11.8 Å². The third-order valence-electron chi connectivity index (χ3n) is 2.32. The molecule has 1 heterocycles. The highest BCUT2D eigenvalue weighted by Gasteiger charge is 2.07. The highest BCUT2D eigenvalue weighted by atomic mass is 79.9. The predicted molar refractivity (Wildman–Crippen MR) is 86.0 cm³/mol. The molecule has 108 valence electrons. The van der Waals surface area contributed by atoms with Crippen LogP contribution in [0.25, 0.3) is 0 Å². The van der Waals surface area contributed by atoms with Crippen molar-refractivity contribution >= 4 is 39.3 Å². The minimum Gasteiger partial charge on any atom is -0.396 e. The van der Waals surface area contributed by atoms with Crippen LogP contribution in [0.4, 0.5) is 11.6 Å². The second-order valence-electron chi connectivity index (χ2n) is 3.93. The number of aliphatic hydroxyl groups is 1. The van der Waals surface area contributed by atoms with Crippen LogP contribution in [0, 0.1) is 0 Å². The molecule has 0 unspecified atom stereocenters. The second kappa shape index (κ2) is 10.3. The molecule has 0 saturated heterocycles. The molecular formula is C12H21BrN4OS. The fraction of sp³-hybridized carbons (Fsp3) is 0.667. The van der Waals surface area contributed by atoms with E-state index in [0.717, 1.165) is 53.5 Å². The first-order valence-electron chi connectivity index (χ1n) is 6.46. The maximum absolute atomic E-state index is 8.68. The molecule has 19 heavy (non-hydrogen) atoms. The van der Waals surface area contributed by atoms with Crippen molar-refractivity contribution in [3.05, 3.63) is 10.8 Å². The Morgan fingerprint density at radius 3 is 2.53 bits per heavy atom. The standard InChI is InChI=1S/C12H21BrN4OS/c1-2-4-14-11-10(13)12(17-9-16-11)15-5-8-19-7-3-6-18/h9,18H,2-8H2,1H3,(H2,14,15,16,17). The van der Waals surface area contributed by atoms with Crippen molar-refractivity contribution in [3.8, 4) is 0 Å². The van der Waals surface area contributed by atoms with Crippen LogP contribution in [0.15, 0.2) is 10.8 Å². The Kier molecular flexibility index (Phi) is 8.94. The zero-order valence-corrected chi connectivity index (χ0v) is 13.6. The number of anilines is 2. The zero-order chi connectivity index (χ0) is 13.9. The normalized spacial score (nSPS) is 10.5. The molecule has 0 aliphatic heterocycles. The summed E-state index contributed by atoms with van der Waals surface area (Å²) < 4.78 is 0.879. The number of aliphatic hydroxyl groups excluding tert-OH is 1. The third-order valence-corrected chi connectivity index (χ3v) is 4.14. The molecule has 1 aromatic heterocycles. The van der Waals surface area contributed by atoms with Crippen molar-refractivity contribution in [2.75, 3.05) is 41.8 Å². The molecule has 0 saturated carbocycles. The number of halogens is 1. The van der Waals surface area contributed by atoms with E-state index in [0.29, 0.717) is 0 Å². The number of nitrogens with zero attached hydrogens (tertiary/aromatic N) is 2. The van der Waals surface area contributed by atoms with E-state index in [1.165, 1.54) is 0 Å². The van der Waals surface area contributed by atoms with Crippen molar-refractivity contribution in [2.45, 2.75) is 19.8 Å². The average molecular weight is 349 g/mol. The zero-order valence-electron chi connectivity index (χ0n) is 11.2. The van der Waals surface area contributed by atoms with Gasteiger partial charge in [0, 0.05) is 25.4 Å². The van der Waals surface area contributed by atoms with Gasteiger partial charge in [0.2, 0.25) is 0 Å². The molecule has 5 nitrogen and oxygen atoms in total. The summed E-state index contributed by atoms with van der Waals surface area (Å²) in [5, 5.41) is 15.2. The van der Waals surface area contributed by atoms with Gasteiger partial charge in [-0.1, -0.05) is 6.92 Å². The van der Waals surface area contributed by atoms with Crippen molar-refractivity contribution in [3.63, 3.8) is 0 Å². The van der Waals surface area contributed by atoms with Gasteiger partial charge in [0.1, 0.15) is 22.4 Å². The van der Waals surface area contributed by atoms with Gasteiger partial charge in [0.05, 0.1) is 0 Å². The predicted octanol–water partition coefficient (Wildman–Crippen LogP) is 2.59. The number of aromatic nitrogens is 2. The summed E-state index contributed by atoms with van der Waals surface area (Å²) in [5.74, 6) is 3.63. The van der Waals surface area contributed by atoms with Crippen LogP contribution in [0.5, 0.6) is 0 Å². The molecule has 7 heteroatoms. The molecule has 0 aliphatic rings. The SMILES string of the molecule is CCCNc1ncnc(NCCSCCCO)c1Br. The van der Waals surface area contributed by atoms with Crippen LogP contribution in [-0.4, -0.2) is 46.3 Å². The van der Waals surface area contributed by atoms with Crippen molar-refractivity contribution in [1.29, 1.82) is 0 Å². The Morgan fingerprint density at radius 2 is 1.89 bits per heavy atom. The number of thioether (sulfide) groups is 1. The monoisotopic (exact) mass is 348 g/mol. The lowest BCUT2D eigenvalue weighted by Crippen LogP contribution is -2.09. The van der Waals surface area contributed by atoms with E-state index >= 15 is 0 Å². The number of nitrogens with one attached hydrogen (secondary N) is 2. The summed E-state index contributed by atoms with van der Waals surface area (Å²) in [6, 6.07) is 0. The molecule has 0 fully saturated rings. The Hall–Kier alpha value is -0.530. The molecule has 0 aromatic carbocycles. The molecule has 0 bridgehead atoms. The van der Waals surface area contributed by atoms with Crippen LogP contribution in [0.2, 0.25) is 0 Å². The molecular weight excluding hydrogens is 328 g/mol. The highest BCUT2D eigenvalue weighted by molar-refractivity contribution is 9.10. The first kappa shape index (κ1) is 16.5. The minimum absolute atomic E-state index is 0.268. The van der Waals surface area contributed by atoms with Gasteiger partial charge in [0.25, 0.3) is 0 Å². The molecule has 1 aromatic rings. The van der Waals surface area contributed by atoms with E-state index in [4.69, 9.17) is 5.11 Å². The van der Waals surface area contributed by atoms with Gasteiger partial charge >= 0.3 is 0 Å². The van der Waals surface area contributed by atoms with Crippen LogP contribution in [-0.2, 0) is 0 Å². The van der Waals surface area contributed by atoms with Gasteiger partial charge in [-0.3, -0.25) is 0 Å². The van der Waals surface area contributed by atoms with Gasteiger partial charge in [-0.15, -0.1) is 0 Å². The molecule has 0 atom stereocenters. The highest BCUT2D eigenvalue weighted by Crippen LogP contribution is 2.26. The maximum atomic E-state index is 8.68. The van der Waals surface area contributed by atoms with Gasteiger partial charge in [0.15, 0.2) is 0 Å². The van der Waals surface area contributed by atoms with Crippen LogP contribution in [0.1, 0.15) is 19.8 Å². The van der Waals surface area contributed by atoms with Crippen LogP contribution < -0.4 is 10.6 Å². The molecule has 0 aliphatic carbocycles. The Morgan fingerprint density at radius 1 is 1.21 bits per heavy atom. The fourth-order valence-corrected chi connectivity index (χ4v) is 2.64. The van der Waals surface area contributed by atoms with E-state index in [9.17, 15) is 0 Å². The van der Waals surface area contributed by atoms with Gasteiger partial charge in [-0.2, -0.15) is 11.8 Å². The second-order valence-corrected chi connectivity index (χ2v) is 5.95. The lowest BCUT2D eigenvalue weighted by Gasteiger charge is -2.11. The van der Waals surface area contributed by atoms with Gasteiger partial charge < -0.3 is 15.7 Å². The summed E-state index contributed by atoms with van der Waals surface area (Å²) in [4.78, 5) is 8.43. The van der Waals surface area contributed by atoms with Gasteiger partial charge in [-0.25, -0.2) is 9.97 Å². The quantitative estimate of drug-likeness (QED) is 0.564. The Balaban J connectivity index is 2.36. The van der Waals surface area contributed by atoms with Crippen molar-refractivity contribution in [1.82, 2.24) is 9.97 Å². The summed E-state index contributed by atoms with van der Waals surface area (Å²) >= 11 is 5.34. The summed E-state index contributed by atoms with van der Waals surface area (Å²) in [6.45, 7) is 4.13. The number of rotatable bonds is 10. The summed E-state index contributed by atoms with van der Waals surface area (Å²) in [6.07, 6.45) is 3.47. The molecule has 1 rings (SSSR count). The summed E-state index contributed by atoms with van der Waals surface area (Å²) in [7, 11) is 0. The van der Waals surface area contributed by atoms with E-state index in [-0.39, 0.29) is 6.61 Å². The van der Waals surface area contributed by atoms with Crippen LogP contribution in [0.3, 0.4) is 0 Å². The Labute approximate surface area is 127 Å². The summed E-state index contributed by atoms with van der Waals surface area (Å²) in [5.41, 5.74) is 0. The lowest BCUT2D eigenvalue weighted by atomic mass is 10.4. The largest absolute Gasteiger partial charge is 0.396 e. The molecule has 0 radical (unpaired) electrons. The van der Waals surface area contributed by atoms with E-state index in [2.05, 4.69) is 43.5 Å². The van der Waals surface area contributed by atoms with Crippen molar-refractivity contribution < 1.29 is 5.11 Å². The first-order valence-corrected chi connectivity index (χ1v) is 8.41. The van der Waals surface area contributed by atoms with E-state index < -0.39 is 0 Å². The lowest BCUT2D eigenvalue weighted by molar-refractivity contribution is 0.296. The minimum atomic E-state index is 0.268. The third kappa shape index (κ3) is 6.44. The molecule has 0 spiro atoms. The molecule has 3 N–H and O–H groups in total. The maximum Gasteiger partial charge on any atom is 0.145 e. The molecule has 0 amide bonds. The number of hydrogen-bond donors (Lipinski definition) is 3. The van der Waals surface area contributed by atoms with Crippen molar-refractivity contribution in [2.24, 2.45) is 0 Å². The fourth-order valence-electron chi connectivity index (χ4n) is 1.37. The topological polar surface area (TPSA) is 70.1 Å². The Bertz CT molecular complexity index is 368. The van der Waals surface area contributed by atoms with E-state index in [1.54, 1.807) is 6.33 Å². The van der Waals surface area contributed by atoms with Crippen LogP contribution >= 0.6 is 27.7 Å². The number of hydrogen-bond acceptors (Lipinski definition) is 6. The smallest absolute Gasteiger partial charge is 0.145 e. The average Bonchev–Trinajstić information content (AvgIpc) is 2.43. The van der Waals surface area contributed by atoms with Gasteiger partial charge in [-0.05, 0) is 34.5 Å². The first-order chi connectivity index (χ1) is 9.29.